The predicted octanol–water partition coefficient (Wildman–Crippen LogP) is 2.75. The van der Waals surface area contributed by atoms with Crippen molar-refractivity contribution in [2.45, 2.75) is 18.9 Å². The van der Waals surface area contributed by atoms with Crippen molar-refractivity contribution in [1.82, 2.24) is 0 Å². The molecule has 0 aromatic heterocycles. The highest BCUT2D eigenvalue weighted by molar-refractivity contribution is 9.10. The monoisotopic (exact) mass is 296 g/mol. The summed E-state index contributed by atoms with van der Waals surface area (Å²) < 4.78 is 13.7. The summed E-state index contributed by atoms with van der Waals surface area (Å²) in [5.74, 6) is -0.266. The maximum Gasteiger partial charge on any atom is 0.124 e. The lowest BCUT2D eigenvalue weighted by molar-refractivity contribution is 0.596. The van der Waals surface area contributed by atoms with Gasteiger partial charge in [0.15, 0.2) is 0 Å². The fourth-order valence-corrected chi connectivity index (χ4v) is 1.78. The zero-order valence-corrected chi connectivity index (χ0v) is 10.7. The van der Waals surface area contributed by atoms with Crippen LogP contribution in [0.25, 0.3) is 0 Å². The lowest BCUT2D eigenvalue weighted by atomic mass is 10.0. The molecule has 0 spiro atoms. The Morgan fingerprint density at radius 1 is 1.33 bits per heavy atom. The fourth-order valence-electron chi connectivity index (χ4n) is 1.29. The van der Waals surface area contributed by atoms with E-state index in [1.165, 1.54) is 12.1 Å². The first kappa shape index (κ1) is 14.8. The first-order chi connectivity index (χ1) is 6.63. The summed E-state index contributed by atoms with van der Waals surface area (Å²) in [6.07, 6.45) is 1.64. The van der Waals surface area contributed by atoms with E-state index < -0.39 is 0 Å². The molecule has 0 radical (unpaired) electrons. The topological polar surface area (TPSA) is 52.0 Å². The zero-order valence-electron chi connectivity index (χ0n) is 8.25. The van der Waals surface area contributed by atoms with Crippen molar-refractivity contribution in [2.75, 3.05) is 6.54 Å². The minimum atomic E-state index is -0.266. The van der Waals surface area contributed by atoms with E-state index in [0.717, 1.165) is 22.9 Å². The second-order valence-electron chi connectivity index (χ2n) is 3.24. The third kappa shape index (κ3) is 4.93. The van der Waals surface area contributed by atoms with E-state index in [2.05, 4.69) is 15.9 Å². The van der Waals surface area contributed by atoms with Crippen LogP contribution >= 0.6 is 28.3 Å². The molecule has 0 aliphatic heterocycles. The van der Waals surface area contributed by atoms with Crippen LogP contribution in [0, 0.1) is 5.82 Å². The van der Waals surface area contributed by atoms with Gasteiger partial charge in [0.1, 0.15) is 5.82 Å². The summed E-state index contributed by atoms with van der Waals surface area (Å²) >= 11 is 3.23. The van der Waals surface area contributed by atoms with Gasteiger partial charge in [-0.15, -0.1) is 12.4 Å². The molecular formula is C10H15BrClFN2. The maximum atomic E-state index is 13.0. The molecular weight excluding hydrogens is 282 g/mol. The van der Waals surface area contributed by atoms with E-state index in [4.69, 9.17) is 11.5 Å². The van der Waals surface area contributed by atoms with Gasteiger partial charge in [-0.2, -0.15) is 0 Å². The number of benzene rings is 1. The molecule has 1 aromatic carbocycles. The lowest BCUT2D eigenvalue weighted by Gasteiger charge is -2.11. The molecule has 15 heavy (non-hydrogen) atoms. The number of hydrogen-bond acceptors (Lipinski definition) is 2. The molecule has 0 unspecified atom stereocenters. The molecule has 2 nitrogen and oxygen atoms in total. The lowest BCUT2D eigenvalue weighted by Crippen LogP contribution is -2.12. The van der Waals surface area contributed by atoms with Gasteiger partial charge in [-0.25, -0.2) is 4.39 Å². The predicted molar refractivity (Wildman–Crippen MR) is 66.6 cm³/mol. The largest absolute Gasteiger partial charge is 0.330 e. The highest BCUT2D eigenvalue weighted by Crippen LogP contribution is 2.21. The molecule has 5 heteroatoms. The van der Waals surface area contributed by atoms with Crippen molar-refractivity contribution in [3.8, 4) is 0 Å². The zero-order chi connectivity index (χ0) is 10.6. The van der Waals surface area contributed by atoms with Crippen molar-refractivity contribution < 1.29 is 4.39 Å². The van der Waals surface area contributed by atoms with E-state index in [1.54, 1.807) is 0 Å². The molecule has 0 saturated heterocycles. The van der Waals surface area contributed by atoms with Crippen LogP contribution < -0.4 is 11.5 Å². The molecule has 0 heterocycles. The highest BCUT2D eigenvalue weighted by Gasteiger charge is 2.07. The van der Waals surface area contributed by atoms with E-state index in [0.29, 0.717) is 6.54 Å². The van der Waals surface area contributed by atoms with Gasteiger partial charge in [0.25, 0.3) is 0 Å². The Kier molecular flexibility index (Phi) is 7.09. The molecule has 0 aliphatic carbocycles. The molecule has 1 rings (SSSR count). The van der Waals surface area contributed by atoms with Crippen molar-refractivity contribution in [3.05, 3.63) is 34.1 Å². The second-order valence-corrected chi connectivity index (χ2v) is 4.16. The van der Waals surface area contributed by atoms with E-state index in [-0.39, 0.29) is 24.3 Å². The Bertz CT molecular complexity index is 289. The number of hydrogen-bond donors (Lipinski definition) is 2. The van der Waals surface area contributed by atoms with Crippen LogP contribution in [-0.2, 0) is 0 Å². The standard InChI is InChI=1S/C10H14BrFN2.ClH/c11-8-4-7(5-9(12)6-8)10(14)2-1-3-13;/h4-6,10H,1-3,13-14H2;1H/t10-;/m0./s1. The molecule has 86 valence electrons. The Hall–Kier alpha value is -0.160. The van der Waals surface area contributed by atoms with Gasteiger partial charge >= 0.3 is 0 Å². The van der Waals surface area contributed by atoms with E-state index in [9.17, 15) is 4.39 Å². The average molecular weight is 298 g/mol. The Morgan fingerprint density at radius 3 is 2.53 bits per heavy atom. The Labute approximate surface area is 104 Å². The van der Waals surface area contributed by atoms with Crippen LogP contribution in [0.1, 0.15) is 24.4 Å². The van der Waals surface area contributed by atoms with Gasteiger partial charge in [-0.05, 0) is 43.1 Å². The average Bonchev–Trinajstić information content (AvgIpc) is 2.12. The van der Waals surface area contributed by atoms with Gasteiger partial charge in [-0.1, -0.05) is 15.9 Å². The Balaban J connectivity index is 0.00000196. The van der Waals surface area contributed by atoms with Crippen LogP contribution in [0.2, 0.25) is 0 Å². The van der Waals surface area contributed by atoms with Gasteiger partial charge in [0, 0.05) is 10.5 Å². The van der Waals surface area contributed by atoms with Gasteiger partial charge < -0.3 is 11.5 Å². The van der Waals surface area contributed by atoms with Gasteiger partial charge in [0.2, 0.25) is 0 Å². The Morgan fingerprint density at radius 2 is 2.00 bits per heavy atom. The van der Waals surface area contributed by atoms with Crippen LogP contribution in [0.4, 0.5) is 4.39 Å². The highest BCUT2D eigenvalue weighted by atomic mass is 79.9. The maximum absolute atomic E-state index is 13.0. The minimum absolute atomic E-state index is 0. The van der Waals surface area contributed by atoms with Gasteiger partial charge in [-0.3, -0.25) is 0 Å². The summed E-state index contributed by atoms with van der Waals surface area (Å²) in [7, 11) is 0. The number of rotatable bonds is 4. The second kappa shape index (κ2) is 7.17. The summed E-state index contributed by atoms with van der Waals surface area (Å²) in [5, 5.41) is 0. The summed E-state index contributed by atoms with van der Waals surface area (Å²) in [4.78, 5) is 0. The SMILES string of the molecule is Cl.NCCC[C@H](N)c1cc(F)cc(Br)c1. The number of halogens is 3. The normalized spacial score (nSPS) is 12.0. The summed E-state index contributed by atoms with van der Waals surface area (Å²) in [5.41, 5.74) is 12.1. The van der Waals surface area contributed by atoms with Crippen molar-refractivity contribution >= 4 is 28.3 Å². The number of nitrogens with two attached hydrogens (primary N) is 2. The smallest absolute Gasteiger partial charge is 0.124 e. The first-order valence-corrected chi connectivity index (χ1v) is 5.34. The van der Waals surface area contributed by atoms with Crippen LogP contribution in [0.5, 0.6) is 0 Å². The summed E-state index contributed by atoms with van der Waals surface area (Å²) in [6, 6.07) is 4.58. The minimum Gasteiger partial charge on any atom is -0.330 e. The van der Waals surface area contributed by atoms with E-state index >= 15 is 0 Å². The quantitative estimate of drug-likeness (QED) is 0.898. The van der Waals surface area contributed by atoms with E-state index in [1.807, 2.05) is 6.07 Å². The molecule has 1 aromatic rings. The van der Waals surface area contributed by atoms with Crippen LogP contribution in [0.3, 0.4) is 0 Å². The first-order valence-electron chi connectivity index (χ1n) is 4.55. The summed E-state index contributed by atoms with van der Waals surface area (Å²) in [6.45, 7) is 0.615. The molecule has 0 aliphatic rings. The molecule has 0 amide bonds. The van der Waals surface area contributed by atoms with Crippen LogP contribution in [0.15, 0.2) is 22.7 Å². The third-order valence-electron chi connectivity index (χ3n) is 2.03. The molecule has 0 bridgehead atoms. The third-order valence-corrected chi connectivity index (χ3v) is 2.49. The molecule has 4 N–H and O–H groups in total. The van der Waals surface area contributed by atoms with Gasteiger partial charge in [0.05, 0.1) is 0 Å². The van der Waals surface area contributed by atoms with Crippen molar-refractivity contribution in [1.29, 1.82) is 0 Å². The van der Waals surface area contributed by atoms with Crippen molar-refractivity contribution in [3.63, 3.8) is 0 Å². The molecule has 0 fully saturated rings. The molecule has 1 atom stereocenters. The van der Waals surface area contributed by atoms with Crippen LogP contribution in [-0.4, -0.2) is 6.54 Å². The van der Waals surface area contributed by atoms with Crippen molar-refractivity contribution in [2.24, 2.45) is 11.5 Å². The molecule has 0 saturated carbocycles. The fraction of sp³-hybridized carbons (Fsp3) is 0.400.